The summed E-state index contributed by atoms with van der Waals surface area (Å²) in [6, 6.07) is 13.7. The summed E-state index contributed by atoms with van der Waals surface area (Å²) in [6.45, 7) is 5.06. The lowest BCUT2D eigenvalue weighted by Crippen LogP contribution is -2.29. The van der Waals surface area contributed by atoms with Crippen LogP contribution < -0.4 is 14.4 Å². The van der Waals surface area contributed by atoms with Crippen molar-refractivity contribution in [2.24, 2.45) is 0 Å². The van der Waals surface area contributed by atoms with E-state index in [2.05, 4.69) is 0 Å². The number of esters is 1. The molecule has 7 nitrogen and oxygen atoms in total. The van der Waals surface area contributed by atoms with Crippen molar-refractivity contribution in [3.05, 3.63) is 92.5 Å². The van der Waals surface area contributed by atoms with Crippen molar-refractivity contribution >= 4 is 52.3 Å². The van der Waals surface area contributed by atoms with Gasteiger partial charge in [0.2, 0.25) is 0 Å². The van der Waals surface area contributed by atoms with Crippen LogP contribution in [-0.4, -0.2) is 29.9 Å². The fraction of sp³-hybridized carbons (Fsp3) is 0.179. The zero-order valence-electron chi connectivity index (χ0n) is 20.5. The number of ketones is 1. The maximum Gasteiger partial charge on any atom is 0.308 e. The maximum atomic E-state index is 13.4. The fourth-order valence-electron chi connectivity index (χ4n) is 4.44. The Morgan fingerprint density at radius 2 is 1.51 bits per heavy atom. The van der Waals surface area contributed by atoms with Gasteiger partial charge >= 0.3 is 5.97 Å². The van der Waals surface area contributed by atoms with Gasteiger partial charge < -0.3 is 14.6 Å². The number of halogens is 2. The minimum absolute atomic E-state index is 0.127. The third kappa shape index (κ3) is 5.05. The van der Waals surface area contributed by atoms with E-state index in [1.807, 2.05) is 19.9 Å². The Bertz CT molecular complexity index is 1420. The van der Waals surface area contributed by atoms with Crippen molar-refractivity contribution in [2.45, 2.75) is 26.8 Å². The Morgan fingerprint density at radius 3 is 2.03 bits per heavy atom. The zero-order chi connectivity index (χ0) is 27.0. The highest BCUT2D eigenvalue weighted by Gasteiger charge is 2.47. The standard InChI is InChI=1S/C28H23Cl2NO6/c1-14-9-15(2)11-19(10-14)31-24(17-5-7-20(8-6-17)37-16(3)32)23(26(34)28(31)35)25(33)18-12-21(29)27(36-4)22(30)13-18/h5-13,24,33H,1-4H3/b25-23+. The molecule has 3 aromatic carbocycles. The van der Waals surface area contributed by atoms with Gasteiger partial charge in [-0.15, -0.1) is 0 Å². The molecule has 37 heavy (non-hydrogen) atoms. The van der Waals surface area contributed by atoms with Gasteiger partial charge in [-0.1, -0.05) is 41.4 Å². The number of carbonyl (C=O) groups is 3. The summed E-state index contributed by atoms with van der Waals surface area (Å²) in [6.07, 6.45) is 0. The highest BCUT2D eigenvalue weighted by atomic mass is 35.5. The second-order valence-corrected chi connectivity index (χ2v) is 9.47. The summed E-state index contributed by atoms with van der Waals surface area (Å²) in [7, 11) is 1.40. The topological polar surface area (TPSA) is 93.1 Å². The van der Waals surface area contributed by atoms with Crippen LogP contribution in [0.25, 0.3) is 5.76 Å². The van der Waals surface area contributed by atoms with Gasteiger partial charge in [0.25, 0.3) is 11.7 Å². The van der Waals surface area contributed by atoms with Crippen LogP contribution >= 0.6 is 23.2 Å². The Labute approximate surface area is 223 Å². The van der Waals surface area contributed by atoms with Gasteiger partial charge in [0.15, 0.2) is 5.75 Å². The van der Waals surface area contributed by atoms with Crippen molar-refractivity contribution in [3.63, 3.8) is 0 Å². The monoisotopic (exact) mass is 539 g/mol. The Kier molecular flexibility index (Phi) is 7.30. The third-order valence-electron chi connectivity index (χ3n) is 5.86. The molecule has 0 aliphatic carbocycles. The predicted molar refractivity (Wildman–Crippen MR) is 141 cm³/mol. The number of hydrogen-bond donors (Lipinski definition) is 1. The van der Waals surface area contributed by atoms with Crippen LogP contribution in [0.15, 0.2) is 60.2 Å². The number of aryl methyl sites for hydroxylation is 2. The number of aliphatic hydroxyl groups is 1. The molecule has 9 heteroatoms. The molecule has 3 aromatic rings. The number of ether oxygens (including phenoxy) is 2. The van der Waals surface area contributed by atoms with Crippen molar-refractivity contribution < 1.29 is 29.0 Å². The van der Waals surface area contributed by atoms with Crippen LogP contribution in [0.2, 0.25) is 10.0 Å². The van der Waals surface area contributed by atoms with Crippen LogP contribution in [0, 0.1) is 13.8 Å². The summed E-state index contributed by atoms with van der Waals surface area (Å²) in [5.41, 5.74) is 2.82. The highest BCUT2D eigenvalue weighted by Crippen LogP contribution is 2.44. The van der Waals surface area contributed by atoms with E-state index in [0.29, 0.717) is 17.0 Å². The minimum Gasteiger partial charge on any atom is -0.507 e. The number of benzene rings is 3. The molecule has 4 rings (SSSR count). The molecule has 0 spiro atoms. The van der Waals surface area contributed by atoms with E-state index < -0.39 is 29.5 Å². The number of aliphatic hydroxyl groups excluding tert-OH is 1. The summed E-state index contributed by atoms with van der Waals surface area (Å²) in [5, 5.41) is 11.6. The minimum atomic E-state index is -0.979. The molecule has 190 valence electrons. The number of amides is 1. The number of Topliss-reactive ketones (excluding diaryl/α,β-unsaturated/α-hetero) is 1. The van der Waals surface area contributed by atoms with Crippen LogP contribution in [0.1, 0.15) is 35.2 Å². The second-order valence-electron chi connectivity index (χ2n) is 8.65. The fourth-order valence-corrected chi connectivity index (χ4v) is 5.08. The number of nitrogens with zero attached hydrogens (tertiary/aromatic N) is 1. The van der Waals surface area contributed by atoms with Gasteiger partial charge in [0.05, 0.1) is 28.8 Å². The van der Waals surface area contributed by atoms with E-state index >= 15 is 0 Å². The first-order valence-corrected chi connectivity index (χ1v) is 12.0. The normalized spacial score (nSPS) is 16.7. The molecule has 1 aliphatic heterocycles. The van der Waals surface area contributed by atoms with Crippen molar-refractivity contribution in [2.75, 3.05) is 12.0 Å². The van der Waals surface area contributed by atoms with Gasteiger partial charge in [-0.05, 0) is 66.9 Å². The van der Waals surface area contributed by atoms with Crippen LogP contribution in [0.3, 0.4) is 0 Å². The third-order valence-corrected chi connectivity index (χ3v) is 6.42. The lowest BCUT2D eigenvalue weighted by molar-refractivity contribution is -0.132. The van der Waals surface area contributed by atoms with Crippen molar-refractivity contribution in [3.8, 4) is 11.5 Å². The average molecular weight is 540 g/mol. The first-order chi connectivity index (χ1) is 17.5. The maximum absolute atomic E-state index is 13.4. The SMILES string of the molecule is COc1c(Cl)cc(/C(O)=C2\C(=O)C(=O)N(c3cc(C)cc(C)c3)C2c2ccc(OC(C)=O)cc2)cc1Cl. The molecule has 0 radical (unpaired) electrons. The number of rotatable bonds is 5. The molecule has 1 N–H and O–H groups in total. The molecule has 1 amide bonds. The summed E-state index contributed by atoms with van der Waals surface area (Å²) >= 11 is 12.6. The van der Waals surface area contributed by atoms with E-state index in [4.69, 9.17) is 32.7 Å². The molecular weight excluding hydrogens is 517 g/mol. The lowest BCUT2D eigenvalue weighted by Gasteiger charge is -2.26. The molecule has 1 atom stereocenters. The van der Waals surface area contributed by atoms with Crippen LogP contribution in [-0.2, 0) is 14.4 Å². The van der Waals surface area contributed by atoms with E-state index in [1.54, 1.807) is 36.4 Å². The number of methoxy groups -OCH3 is 1. The van der Waals surface area contributed by atoms with Crippen molar-refractivity contribution in [1.82, 2.24) is 0 Å². The molecule has 0 aromatic heterocycles. The molecule has 0 bridgehead atoms. The summed E-state index contributed by atoms with van der Waals surface area (Å²) in [4.78, 5) is 39.5. The van der Waals surface area contributed by atoms with Crippen LogP contribution in [0.4, 0.5) is 5.69 Å². The molecule has 1 unspecified atom stereocenters. The van der Waals surface area contributed by atoms with Gasteiger partial charge in [-0.3, -0.25) is 19.3 Å². The lowest BCUT2D eigenvalue weighted by atomic mass is 9.95. The largest absolute Gasteiger partial charge is 0.507 e. The van der Waals surface area contributed by atoms with Crippen molar-refractivity contribution in [1.29, 1.82) is 0 Å². The Hall–Kier alpha value is -3.81. The number of hydrogen-bond acceptors (Lipinski definition) is 6. The predicted octanol–water partition coefficient (Wildman–Crippen LogP) is 6.17. The molecule has 1 heterocycles. The molecule has 1 fully saturated rings. The second kappa shape index (κ2) is 10.3. The average Bonchev–Trinajstić information content (AvgIpc) is 3.08. The summed E-state index contributed by atoms with van der Waals surface area (Å²) < 4.78 is 10.3. The smallest absolute Gasteiger partial charge is 0.308 e. The van der Waals surface area contributed by atoms with E-state index in [0.717, 1.165) is 11.1 Å². The number of anilines is 1. The zero-order valence-corrected chi connectivity index (χ0v) is 22.0. The van der Waals surface area contributed by atoms with E-state index in [1.165, 1.54) is 31.1 Å². The molecule has 1 saturated heterocycles. The molecule has 1 aliphatic rings. The Morgan fingerprint density at radius 1 is 0.946 bits per heavy atom. The van der Waals surface area contributed by atoms with E-state index in [9.17, 15) is 19.5 Å². The van der Waals surface area contributed by atoms with E-state index in [-0.39, 0.29) is 26.9 Å². The first kappa shape index (κ1) is 26.3. The van der Waals surface area contributed by atoms with Gasteiger partial charge in [0.1, 0.15) is 11.5 Å². The summed E-state index contributed by atoms with van der Waals surface area (Å²) in [5.74, 6) is -2.07. The highest BCUT2D eigenvalue weighted by molar-refractivity contribution is 6.51. The van der Waals surface area contributed by atoms with Gasteiger partial charge in [-0.2, -0.15) is 0 Å². The first-order valence-electron chi connectivity index (χ1n) is 11.2. The quantitative estimate of drug-likeness (QED) is 0.137. The number of carbonyl (C=O) groups excluding carboxylic acids is 3. The van der Waals surface area contributed by atoms with Crippen LogP contribution in [0.5, 0.6) is 11.5 Å². The Balaban J connectivity index is 1.95. The van der Waals surface area contributed by atoms with Gasteiger partial charge in [0, 0.05) is 18.2 Å². The molecule has 0 saturated carbocycles. The molecular formula is C28H23Cl2NO6. The van der Waals surface area contributed by atoms with Gasteiger partial charge in [-0.25, -0.2) is 0 Å².